The fourth-order valence-corrected chi connectivity index (χ4v) is 2.92. The minimum Gasteiger partial charge on any atom is -0.497 e. The predicted molar refractivity (Wildman–Crippen MR) is 101 cm³/mol. The van der Waals surface area contributed by atoms with Gasteiger partial charge < -0.3 is 9.47 Å². The molecular formula is C19H17Cl2N3O2. The van der Waals surface area contributed by atoms with Gasteiger partial charge in [0.2, 0.25) is 10.6 Å². The fourth-order valence-electron chi connectivity index (χ4n) is 2.57. The maximum absolute atomic E-state index is 5.76. The molecule has 0 saturated carbocycles. The van der Waals surface area contributed by atoms with E-state index < -0.39 is 0 Å². The summed E-state index contributed by atoms with van der Waals surface area (Å²) in [6.07, 6.45) is 0. The number of ether oxygens (including phenoxy) is 2. The number of halogens is 2. The van der Waals surface area contributed by atoms with Crippen LogP contribution in [0.15, 0.2) is 48.5 Å². The lowest BCUT2D eigenvalue weighted by Gasteiger charge is -2.26. The SMILES string of the molecule is COc1ccc(C(C)(C)c2ccc(Oc3nc(Cl)nc(Cl)n3)cc2)cc1. The van der Waals surface area contributed by atoms with Crippen LogP contribution in [-0.2, 0) is 5.41 Å². The largest absolute Gasteiger partial charge is 0.497 e. The van der Waals surface area contributed by atoms with Crippen LogP contribution < -0.4 is 9.47 Å². The molecule has 0 atom stereocenters. The molecule has 3 aromatic rings. The van der Waals surface area contributed by atoms with Gasteiger partial charge in [-0.2, -0.15) is 15.0 Å². The van der Waals surface area contributed by atoms with E-state index in [0.29, 0.717) is 5.75 Å². The highest BCUT2D eigenvalue weighted by Crippen LogP contribution is 2.33. The Morgan fingerprint density at radius 1 is 0.731 bits per heavy atom. The lowest BCUT2D eigenvalue weighted by Crippen LogP contribution is -2.18. The van der Waals surface area contributed by atoms with Crippen LogP contribution in [0.4, 0.5) is 0 Å². The van der Waals surface area contributed by atoms with Gasteiger partial charge in [0, 0.05) is 5.41 Å². The standard InChI is InChI=1S/C19H17Cl2N3O2/c1-19(2,12-4-8-14(25-3)9-5-12)13-6-10-15(11-7-13)26-18-23-16(20)22-17(21)24-18/h4-11H,1-3H3. The van der Waals surface area contributed by atoms with Crippen LogP contribution in [0.3, 0.4) is 0 Å². The summed E-state index contributed by atoms with van der Waals surface area (Å²) in [4.78, 5) is 11.5. The summed E-state index contributed by atoms with van der Waals surface area (Å²) in [5.41, 5.74) is 2.15. The van der Waals surface area contributed by atoms with E-state index in [9.17, 15) is 0 Å². The molecule has 0 radical (unpaired) electrons. The van der Waals surface area contributed by atoms with Crippen molar-refractivity contribution in [2.24, 2.45) is 0 Å². The third-order valence-corrected chi connectivity index (χ3v) is 4.50. The zero-order valence-corrected chi connectivity index (χ0v) is 16.0. The third-order valence-electron chi connectivity index (χ3n) is 4.16. The third kappa shape index (κ3) is 4.06. The van der Waals surface area contributed by atoms with Gasteiger partial charge in [0.1, 0.15) is 11.5 Å². The van der Waals surface area contributed by atoms with E-state index in [1.165, 1.54) is 5.56 Å². The Balaban J connectivity index is 1.81. The topological polar surface area (TPSA) is 57.1 Å². The van der Waals surface area contributed by atoms with Gasteiger partial charge in [-0.05, 0) is 58.6 Å². The average Bonchev–Trinajstić information content (AvgIpc) is 2.61. The molecule has 0 saturated heterocycles. The van der Waals surface area contributed by atoms with Gasteiger partial charge in [-0.3, -0.25) is 0 Å². The molecule has 0 amide bonds. The maximum Gasteiger partial charge on any atom is 0.327 e. The van der Waals surface area contributed by atoms with E-state index in [-0.39, 0.29) is 22.0 Å². The average molecular weight is 390 g/mol. The van der Waals surface area contributed by atoms with Gasteiger partial charge in [0.05, 0.1) is 7.11 Å². The summed E-state index contributed by atoms with van der Waals surface area (Å²) >= 11 is 11.5. The Hall–Kier alpha value is -2.37. The van der Waals surface area contributed by atoms with Gasteiger partial charge >= 0.3 is 6.01 Å². The number of benzene rings is 2. The monoisotopic (exact) mass is 389 g/mol. The number of hydrogen-bond acceptors (Lipinski definition) is 5. The van der Waals surface area contributed by atoms with Gasteiger partial charge in [-0.1, -0.05) is 38.1 Å². The van der Waals surface area contributed by atoms with Crippen LogP contribution >= 0.6 is 23.2 Å². The Morgan fingerprint density at radius 3 is 1.65 bits per heavy atom. The molecule has 0 spiro atoms. The lowest BCUT2D eigenvalue weighted by atomic mass is 9.78. The second kappa shape index (κ2) is 7.48. The Bertz CT molecular complexity index is 877. The molecule has 5 nitrogen and oxygen atoms in total. The summed E-state index contributed by atoms with van der Waals surface area (Å²) < 4.78 is 10.8. The van der Waals surface area contributed by atoms with Gasteiger partial charge in [-0.25, -0.2) is 0 Å². The quantitative estimate of drug-likeness (QED) is 0.591. The second-order valence-electron chi connectivity index (χ2n) is 6.14. The van der Waals surface area contributed by atoms with Crippen molar-refractivity contribution in [3.63, 3.8) is 0 Å². The number of nitrogens with zero attached hydrogens (tertiary/aromatic N) is 3. The number of hydrogen-bond donors (Lipinski definition) is 0. The molecule has 2 aromatic carbocycles. The molecule has 0 aliphatic rings. The molecule has 0 unspecified atom stereocenters. The first-order valence-electron chi connectivity index (χ1n) is 7.88. The molecule has 1 aromatic heterocycles. The first kappa shape index (κ1) is 18.4. The molecule has 3 rings (SSSR count). The number of methoxy groups -OCH3 is 1. The van der Waals surface area contributed by atoms with Crippen molar-refractivity contribution in [2.75, 3.05) is 7.11 Å². The highest BCUT2D eigenvalue weighted by molar-refractivity contribution is 6.31. The molecule has 1 heterocycles. The highest BCUT2D eigenvalue weighted by Gasteiger charge is 2.23. The zero-order chi connectivity index (χ0) is 18.7. The number of rotatable bonds is 5. The molecule has 0 N–H and O–H groups in total. The van der Waals surface area contributed by atoms with Gasteiger partial charge in [0.25, 0.3) is 0 Å². The zero-order valence-electron chi connectivity index (χ0n) is 14.5. The van der Waals surface area contributed by atoms with E-state index >= 15 is 0 Å². The molecule has 0 aliphatic heterocycles. The van der Waals surface area contributed by atoms with Gasteiger partial charge in [-0.15, -0.1) is 0 Å². The summed E-state index contributed by atoms with van der Waals surface area (Å²) in [5.74, 6) is 1.42. The lowest BCUT2D eigenvalue weighted by molar-refractivity contribution is 0.414. The van der Waals surface area contributed by atoms with Crippen LogP contribution in [0, 0.1) is 0 Å². The molecule has 0 bridgehead atoms. The fraction of sp³-hybridized carbons (Fsp3) is 0.211. The second-order valence-corrected chi connectivity index (χ2v) is 6.81. The molecule has 26 heavy (non-hydrogen) atoms. The molecule has 7 heteroatoms. The minimum atomic E-state index is -0.176. The number of aromatic nitrogens is 3. The smallest absolute Gasteiger partial charge is 0.327 e. The van der Waals surface area contributed by atoms with E-state index in [4.69, 9.17) is 32.7 Å². The van der Waals surface area contributed by atoms with Crippen molar-refractivity contribution in [3.8, 4) is 17.5 Å². The molecular weight excluding hydrogens is 373 g/mol. The van der Waals surface area contributed by atoms with Crippen molar-refractivity contribution in [1.82, 2.24) is 15.0 Å². The van der Waals surface area contributed by atoms with Crippen LogP contribution in [-0.4, -0.2) is 22.1 Å². The van der Waals surface area contributed by atoms with Crippen molar-refractivity contribution < 1.29 is 9.47 Å². The Labute approximate surface area is 161 Å². The van der Waals surface area contributed by atoms with Crippen molar-refractivity contribution >= 4 is 23.2 Å². The first-order valence-corrected chi connectivity index (χ1v) is 8.64. The van der Waals surface area contributed by atoms with Crippen LogP contribution in [0.2, 0.25) is 10.6 Å². The Kier molecular flexibility index (Phi) is 5.30. The molecule has 134 valence electrons. The summed E-state index contributed by atoms with van der Waals surface area (Å²) in [6, 6.07) is 15.8. The van der Waals surface area contributed by atoms with E-state index in [1.54, 1.807) is 7.11 Å². The predicted octanol–water partition coefficient (Wildman–Crippen LogP) is 5.31. The van der Waals surface area contributed by atoms with Gasteiger partial charge in [0.15, 0.2) is 0 Å². The van der Waals surface area contributed by atoms with Crippen LogP contribution in [0.1, 0.15) is 25.0 Å². The molecule has 0 aliphatic carbocycles. The molecule has 0 fully saturated rings. The normalized spacial score (nSPS) is 11.3. The summed E-state index contributed by atoms with van der Waals surface area (Å²) in [7, 11) is 1.66. The van der Waals surface area contributed by atoms with E-state index in [0.717, 1.165) is 11.3 Å². The van der Waals surface area contributed by atoms with Crippen molar-refractivity contribution in [2.45, 2.75) is 19.3 Å². The van der Waals surface area contributed by atoms with E-state index in [1.807, 2.05) is 36.4 Å². The Morgan fingerprint density at radius 2 is 1.19 bits per heavy atom. The van der Waals surface area contributed by atoms with Crippen LogP contribution in [0.25, 0.3) is 0 Å². The van der Waals surface area contributed by atoms with E-state index in [2.05, 4.69) is 40.9 Å². The van der Waals surface area contributed by atoms with Crippen LogP contribution in [0.5, 0.6) is 17.5 Å². The first-order chi connectivity index (χ1) is 12.4. The summed E-state index contributed by atoms with van der Waals surface area (Å²) in [6.45, 7) is 4.33. The highest BCUT2D eigenvalue weighted by atomic mass is 35.5. The maximum atomic E-state index is 5.76. The van der Waals surface area contributed by atoms with Crippen molar-refractivity contribution in [3.05, 3.63) is 70.2 Å². The summed E-state index contributed by atoms with van der Waals surface area (Å²) in [5, 5.41) is -0.0329. The minimum absolute atomic E-state index is 0.0164. The van der Waals surface area contributed by atoms with Crippen molar-refractivity contribution in [1.29, 1.82) is 0 Å².